The van der Waals surface area contributed by atoms with Crippen LogP contribution in [0.3, 0.4) is 0 Å². The number of para-hydroxylation sites is 1. The van der Waals surface area contributed by atoms with Crippen LogP contribution in [0.15, 0.2) is 29.3 Å². The lowest BCUT2D eigenvalue weighted by Crippen LogP contribution is -2.44. The van der Waals surface area contributed by atoms with Gasteiger partial charge in [-0.05, 0) is 31.9 Å². The maximum atomic E-state index is 12.7. The number of guanidine groups is 1. The van der Waals surface area contributed by atoms with Crippen molar-refractivity contribution >= 4 is 17.8 Å². The maximum absolute atomic E-state index is 12.7. The van der Waals surface area contributed by atoms with Crippen LogP contribution in [0.4, 0.5) is 0 Å². The number of amides is 2. The van der Waals surface area contributed by atoms with Crippen molar-refractivity contribution in [2.45, 2.75) is 32.6 Å². The lowest BCUT2D eigenvalue weighted by Gasteiger charge is -2.29. The fourth-order valence-corrected chi connectivity index (χ4v) is 3.66. The molecule has 0 aromatic heterocycles. The minimum absolute atomic E-state index is 0.0414. The highest BCUT2D eigenvalue weighted by Gasteiger charge is 2.42. The number of carbonyl (C=O) groups excluding carboxylic acids is 2. The Kier molecular flexibility index (Phi) is 8.30. The SMILES string of the molecule is CCNC(=NCC1(C(=O)N(C)C)CCCC1)NCCNC(=O)c1ccccc1O. The summed E-state index contributed by atoms with van der Waals surface area (Å²) in [7, 11) is 3.59. The third-order valence-corrected chi connectivity index (χ3v) is 5.16. The molecule has 2 rings (SSSR count). The van der Waals surface area contributed by atoms with Crippen LogP contribution in [0.5, 0.6) is 5.75 Å². The van der Waals surface area contributed by atoms with Gasteiger partial charge >= 0.3 is 0 Å². The fourth-order valence-electron chi connectivity index (χ4n) is 3.66. The summed E-state index contributed by atoms with van der Waals surface area (Å²) in [6.45, 7) is 3.97. The number of benzene rings is 1. The Balaban J connectivity index is 1.89. The molecule has 0 unspecified atom stereocenters. The molecule has 8 heteroatoms. The standard InChI is InChI=1S/C21H33N5O3/c1-4-22-20(25-15-21(11-7-8-12-21)19(29)26(2)3)24-14-13-23-18(28)16-9-5-6-10-17(16)27/h5-6,9-10,27H,4,7-8,11-15H2,1-3H3,(H,23,28)(H2,22,24,25). The van der Waals surface area contributed by atoms with Gasteiger partial charge in [0.1, 0.15) is 5.75 Å². The van der Waals surface area contributed by atoms with Crippen molar-refractivity contribution in [3.63, 3.8) is 0 Å². The summed E-state index contributed by atoms with van der Waals surface area (Å²) in [5.41, 5.74) is -0.163. The van der Waals surface area contributed by atoms with Crippen LogP contribution in [0, 0.1) is 5.41 Å². The molecule has 2 amide bonds. The molecule has 160 valence electrons. The number of aliphatic imine (C=N–C) groups is 1. The van der Waals surface area contributed by atoms with E-state index in [9.17, 15) is 14.7 Å². The normalized spacial score (nSPS) is 15.6. The first kappa shape index (κ1) is 22.5. The van der Waals surface area contributed by atoms with Crippen molar-refractivity contribution in [2.75, 3.05) is 40.3 Å². The molecular weight excluding hydrogens is 370 g/mol. The van der Waals surface area contributed by atoms with Crippen molar-refractivity contribution in [3.05, 3.63) is 29.8 Å². The van der Waals surface area contributed by atoms with Gasteiger partial charge in [0.2, 0.25) is 5.91 Å². The number of rotatable bonds is 8. The summed E-state index contributed by atoms with van der Waals surface area (Å²) in [6, 6.07) is 6.44. The summed E-state index contributed by atoms with van der Waals surface area (Å²) >= 11 is 0. The van der Waals surface area contributed by atoms with Gasteiger partial charge < -0.3 is 26.0 Å². The number of hydrogen-bond donors (Lipinski definition) is 4. The Morgan fingerprint density at radius 3 is 2.38 bits per heavy atom. The van der Waals surface area contributed by atoms with E-state index in [-0.39, 0.29) is 23.1 Å². The summed E-state index contributed by atoms with van der Waals surface area (Å²) in [6.07, 6.45) is 3.84. The molecule has 1 saturated carbocycles. The highest BCUT2D eigenvalue weighted by molar-refractivity contribution is 5.96. The van der Waals surface area contributed by atoms with Gasteiger partial charge in [-0.3, -0.25) is 14.6 Å². The van der Waals surface area contributed by atoms with Crippen molar-refractivity contribution in [1.82, 2.24) is 20.9 Å². The summed E-state index contributed by atoms with van der Waals surface area (Å²) in [4.78, 5) is 31.1. The lowest BCUT2D eigenvalue weighted by molar-refractivity contribution is -0.138. The molecule has 0 aliphatic heterocycles. The number of nitrogens with one attached hydrogen (secondary N) is 3. The molecule has 0 bridgehead atoms. The second kappa shape index (κ2) is 10.7. The van der Waals surface area contributed by atoms with Gasteiger partial charge in [-0.15, -0.1) is 0 Å². The number of carbonyl (C=O) groups is 2. The first-order valence-corrected chi connectivity index (χ1v) is 10.2. The van der Waals surface area contributed by atoms with E-state index < -0.39 is 5.41 Å². The first-order chi connectivity index (χ1) is 13.9. The first-order valence-electron chi connectivity index (χ1n) is 10.2. The molecule has 0 atom stereocenters. The second-order valence-corrected chi connectivity index (χ2v) is 7.58. The van der Waals surface area contributed by atoms with Crippen LogP contribution in [-0.4, -0.2) is 68.1 Å². The molecule has 8 nitrogen and oxygen atoms in total. The van der Waals surface area contributed by atoms with Crippen LogP contribution in [0.2, 0.25) is 0 Å². The van der Waals surface area contributed by atoms with Crippen molar-refractivity contribution < 1.29 is 14.7 Å². The van der Waals surface area contributed by atoms with Crippen LogP contribution in [-0.2, 0) is 4.79 Å². The molecule has 1 fully saturated rings. The Bertz CT molecular complexity index is 727. The number of hydrogen-bond acceptors (Lipinski definition) is 4. The van der Waals surface area contributed by atoms with Crippen LogP contribution in [0.1, 0.15) is 43.0 Å². The second-order valence-electron chi connectivity index (χ2n) is 7.58. The minimum Gasteiger partial charge on any atom is -0.507 e. The van der Waals surface area contributed by atoms with Gasteiger partial charge in [0, 0.05) is 33.7 Å². The topological polar surface area (TPSA) is 106 Å². The predicted octanol–water partition coefficient (Wildman–Crippen LogP) is 1.33. The smallest absolute Gasteiger partial charge is 0.255 e. The Morgan fingerprint density at radius 1 is 1.10 bits per heavy atom. The molecule has 0 radical (unpaired) electrons. The van der Waals surface area contributed by atoms with E-state index in [2.05, 4.69) is 20.9 Å². The summed E-state index contributed by atoms with van der Waals surface area (Å²) in [5.74, 6) is 0.403. The largest absolute Gasteiger partial charge is 0.507 e. The molecule has 1 aromatic carbocycles. The average Bonchev–Trinajstić information content (AvgIpc) is 3.18. The molecule has 1 aliphatic rings. The van der Waals surface area contributed by atoms with E-state index in [0.29, 0.717) is 32.1 Å². The predicted molar refractivity (Wildman–Crippen MR) is 114 cm³/mol. The number of phenolic OH excluding ortho intramolecular Hbond substituents is 1. The Hall–Kier alpha value is -2.77. The van der Waals surface area contributed by atoms with Gasteiger partial charge in [0.15, 0.2) is 5.96 Å². The fraction of sp³-hybridized carbons (Fsp3) is 0.571. The zero-order valence-corrected chi connectivity index (χ0v) is 17.6. The summed E-state index contributed by atoms with van der Waals surface area (Å²) in [5, 5.41) is 18.9. The van der Waals surface area contributed by atoms with E-state index >= 15 is 0 Å². The molecule has 0 spiro atoms. The number of phenols is 1. The van der Waals surface area contributed by atoms with Crippen LogP contribution >= 0.6 is 0 Å². The minimum atomic E-state index is -0.412. The van der Waals surface area contributed by atoms with Crippen molar-refractivity contribution in [2.24, 2.45) is 10.4 Å². The lowest BCUT2D eigenvalue weighted by atomic mass is 9.85. The molecule has 29 heavy (non-hydrogen) atoms. The number of nitrogens with zero attached hydrogens (tertiary/aromatic N) is 2. The van der Waals surface area contributed by atoms with E-state index in [1.807, 2.05) is 6.92 Å². The molecular formula is C21H33N5O3. The van der Waals surface area contributed by atoms with Gasteiger partial charge in [-0.1, -0.05) is 25.0 Å². The van der Waals surface area contributed by atoms with Gasteiger partial charge in [-0.2, -0.15) is 0 Å². The Morgan fingerprint density at radius 2 is 1.76 bits per heavy atom. The molecule has 1 aliphatic carbocycles. The zero-order valence-electron chi connectivity index (χ0n) is 17.6. The van der Waals surface area contributed by atoms with E-state index in [1.165, 1.54) is 6.07 Å². The van der Waals surface area contributed by atoms with E-state index in [4.69, 9.17) is 0 Å². The summed E-state index contributed by atoms with van der Waals surface area (Å²) < 4.78 is 0. The van der Waals surface area contributed by atoms with Crippen molar-refractivity contribution in [3.8, 4) is 5.75 Å². The van der Waals surface area contributed by atoms with Gasteiger partial charge in [-0.25, -0.2) is 0 Å². The van der Waals surface area contributed by atoms with E-state index in [0.717, 1.165) is 25.7 Å². The van der Waals surface area contributed by atoms with Gasteiger partial charge in [0.05, 0.1) is 17.5 Å². The number of aromatic hydroxyl groups is 1. The quantitative estimate of drug-likeness (QED) is 0.298. The third-order valence-electron chi connectivity index (χ3n) is 5.16. The molecule has 0 saturated heterocycles. The molecule has 4 N–H and O–H groups in total. The average molecular weight is 404 g/mol. The Labute approximate surface area is 172 Å². The van der Waals surface area contributed by atoms with Crippen LogP contribution in [0.25, 0.3) is 0 Å². The maximum Gasteiger partial charge on any atom is 0.255 e. The zero-order chi connectivity index (χ0) is 21.3. The van der Waals surface area contributed by atoms with Crippen LogP contribution < -0.4 is 16.0 Å². The third kappa shape index (κ3) is 6.10. The molecule has 0 heterocycles. The van der Waals surface area contributed by atoms with E-state index in [1.54, 1.807) is 37.2 Å². The molecule has 1 aromatic rings. The highest BCUT2D eigenvalue weighted by Crippen LogP contribution is 2.39. The van der Waals surface area contributed by atoms with Crippen molar-refractivity contribution in [1.29, 1.82) is 0 Å². The monoisotopic (exact) mass is 403 g/mol. The highest BCUT2D eigenvalue weighted by atomic mass is 16.3. The van der Waals surface area contributed by atoms with Gasteiger partial charge in [0.25, 0.3) is 5.91 Å².